The molecule has 1 amide bonds. The maximum atomic E-state index is 13.0. The topological polar surface area (TPSA) is 71.5 Å². The van der Waals surface area contributed by atoms with Crippen LogP contribution in [0.25, 0.3) is 0 Å². The van der Waals surface area contributed by atoms with Gasteiger partial charge in [0.1, 0.15) is 0 Å². The fourth-order valence-corrected chi connectivity index (χ4v) is 4.32. The van der Waals surface area contributed by atoms with Crippen molar-refractivity contribution in [3.8, 4) is 0 Å². The molecule has 4 rings (SSSR count). The van der Waals surface area contributed by atoms with Crippen molar-refractivity contribution >= 4 is 34.8 Å². The summed E-state index contributed by atoms with van der Waals surface area (Å²) in [7, 11) is 0. The van der Waals surface area contributed by atoms with Crippen molar-refractivity contribution in [2.45, 2.75) is 37.6 Å². The van der Waals surface area contributed by atoms with Crippen molar-refractivity contribution in [1.82, 2.24) is 4.98 Å². The average molecular weight is 393 g/mol. The molecule has 2 aromatic rings. The number of carbonyl (C=O) groups excluding carboxylic acids is 1. The van der Waals surface area contributed by atoms with Crippen LogP contribution in [0.2, 0.25) is 10.0 Å². The van der Waals surface area contributed by atoms with Gasteiger partial charge in [0.05, 0.1) is 34.3 Å². The van der Waals surface area contributed by atoms with E-state index in [9.17, 15) is 9.90 Å². The Morgan fingerprint density at radius 2 is 2.08 bits per heavy atom. The van der Waals surface area contributed by atoms with Crippen LogP contribution >= 0.6 is 23.2 Å². The normalized spacial score (nSPS) is 29.8. The van der Waals surface area contributed by atoms with E-state index >= 15 is 0 Å². The molecule has 0 spiro atoms. The number of ether oxygens (including phenoxy) is 1. The molecule has 0 aliphatic carbocycles. The molecule has 1 aromatic heterocycles. The van der Waals surface area contributed by atoms with Crippen LogP contribution in [-0.2, 0) is 9.53 Å². The highest BCUT2D eigenvalue weighted by atomic mass is 35.5. The van der Waals surface area contributed by atoms with Crippen LogP contribution < -0.4 is 5.32 Å². The number of nitrogens with zero attached hydrogens (tertiary/aromatic N) is 1. The number of nitrogens with one attached hydrogen (secondary N) is 1. The lowest BCUT2D eigenvalue weighted by Crippen LogP contribution is -2.42. The number of anilines is 1. The summed E-state index contributed by atoms with van der Waals surface area (Å²) in [6, 6.07) is 8.82. The predicted octanol–water partition coefficient (Wildman–Crippen LogP) is 3.57. The van der Waals surface area contributed by atoms with Gasteiger partial charge in [-0.15, -0.1) is 0 Å². The number of aromatic nitrogens is 1. The Balaban J connectivity index is 1.63. The van der Waals surface area contributed by atoms with E-state index < -0.39 is 18.1 Å². The van der Waals surface area contributed by atoms with E-state index in [0.717, 1.165) is 11.3 Å². The van der Waals surface area contributed by atoms with Crippen molar-refractivity contribution < 1.29 is 14.6 Å². The number of halogens is 2. The van der Waals surface area contributed by atoms with Gasteiger partial charge in [0.2, 0.25) is 5.91 Å². The summed E-state index contributed by atoms with van der Waals surface area (Å²) in [5, 5.41) is 13.9. The summed E-state index contributed by atoms with van der Waals surface area (Å²) >= 11 is 12.0. The van der Waals surface area contributed by atoms with Gasteiger partial charge in [0.15, 0.2) is 0 Å². The molecule has 7 heteroatoms. The lowest BCUT2D eigenvalue weighted by atomic mass is 9.74. The Hall–Kier alpha value is -1.66. The summed E-state index contributed by atoms with van der Waals surface area (Å²) in [5.41, 5.74) is 2.45. The number of benzene rings is 1. The number of hydrogen-bond donors (Lipinski definition) is 2. The van der Waals surface area contributed by atoms with Crippen molar-refractivity contribution in [3.05, 3.63) is 57.8 Å². The third-order valence-corrected chi connectivity index (χ3v) is 5.86. The molecule has 1 aromatic carbocycles. The molecule has 136 valence electrons. The van der Waals surface area contributed by atoms with Crippen molar-refractivity contribution in [2.75, 3.05) is 5.32 Å². The second kappa shape index (κ2) is 6.82. The number of amides is 1. The maximum Gasteiger partial charge on any atom is 0.230 e. The molecule has 2 fully saturated rings. The number of aliphatic hydroxyl groups is 1. The molecule has 2 aliphatic heterocycles. The van der Waals surface area contributed by atoms with Crippen LogP contribution in [-0.4, -0.2) is 34.3 Å². The van der Waals surface area contributed by atoms with Gasteiger partial charge in [-0.1, -0.05) is 23.2 Å². The summed E-state index contributed by atoms with van der Waals surface area (Å²) < 4.78 is 5.93. The highest BCUT2D eigenvalue weighted by Gasteiger charge is 2.57. The first-order valence-electron chi connectivity index (χ1n) is 8.46. The lowest BCUT2D eigenvalue weighted by Gasteiger charge is -2.30. The molecule has 0 radical (unpaired) electrons. The van der Waals surface area contributed by atoms with Gasteiger partial charge in [-0.25, -0.2) is 0 Å². The van der Waals surface area contributed by atoms with Gasteiger partial charge in [0, 0.05) is 29.9 Å². The first-order chi connectivity index (χ1) is 12.4. The third-order valence-electron chi connectivity index (χ3n) is 5.12. The number of fused-ring (bicyclic) bond motifs is 2. The zero-order valence-electron chi connectivity index (χ0n) is 14.0. The smallest absolute Gasteiger partial charge is 0.230 e. The molecule has 2 bridgehead atoms. The Morgan fingerprint density at radius 1 is 1.27 bits per heavy atom. The van der Waals surface area contributed by atoms with Gasteiger partial charge in [-0.05, 0) is 42.8 Å². The van der Waals surface area contributed by atoms with E-state index in [1.165, 1.54) is 0 Å². The average Bonchev–Trinajstić information content (AvgIpc) is 3.15. The number of aryl methyl sites for hydroxylation is 1. The quantitative estimate of drug-likeness (QED) is 0.837. The van der Waals surface area contributed by atoms with E-state index in [1.54, 1.807) is 24.4 Å². The molecule has 2 aliphatic rings. The van der Waals surface area contributed by atoms with E-state index in [4.69, 9.17) is 27.9 Å². The molecular weight excluding hydrogens is 375 g/mol. The first-order valence-corrected chi connectivity index (χ1v) is 9.21. The maximum absolute atomic E-state index is 13.0. The van der Waals surface area contributed by atoms with E-state index in [2.05, 4.69) is 10.3 Å². The lowest BCUT2D eigenvalue weighted by molar-refractivity contribution is -0.123. The van der Waals surface area contributed by atoms with Crippen LogP contribution in [0.4, 0.5) is 5.69 Å². The molecule has 0 saturated carbocycles. The van der Waals surface area contributed by atoms with Crippen molar-refractivity contribution in [2.24, 2.45) is 5.92 Å². The number of pyridine rings is 1. The van der Waals surface area contributed by atoms with Crippen molar-refractivity contribution in [3.63, 3.8) is 0 Å². The van der Waals surface area contributed by atoms with Crippen LogP contribution in [0.1, 0.15) is 23.6 Å². The molecular formula is C19H18Cl2N2O3. The first kappa shape index (κ1) is 17.7. The molecule has 26 heavy (non-hydrogen) atoms. The zero-order chi connectivity index (χ0) is 18.4. The number of hydrogen-bond acceptors (Lipinski definition) is 4. The standard InChI is InChI=1S/C19H18Cl2N2O3/c1-9-6-10(4-5-22-9)16-15-8-14(24)18(26-15)17(16)19(25)23-11-2-3-12(20)13(21)7-11/h2-7,14-18,24H,8H2,1H3,(H,23,25)/t14-,15+,16+,17-,18-/m1/s1. The summed E-state index contributed by atoms with van der Waals surface area (Å²) in [6.45, 7) is 1.91. The third kappa shape index (κ3) is 3.09. The van der Waals surface area contributed by atoms with Crippen molar-refractivity contribution in [1.29, 1.82) is 0 Å². The second-order valence-electron chi connectivity index (χ2n) is 6.84. The number of carbonyl (C=O) groups is 1. The van der Waals surface area contributed by atoms with Crippen LogP contribution in [0.3, 0.4) is 0 Å². The van der Waals surface area contributed by atoms with Crippen LogP contribution in [0, 0.1) is 12.8 Å². The summed E-state index contributed by atoms with van der Waals surface area (Å²) in [6.07, 6.45) is 0.945. The Kier molecular flexibility index (Phi) is 4.65. The molecule has 2 N–H and O–H groups in total. The molecule has 5 atom stereocenters. The summed E-state index contributed by atoms with van der Waals surface area (Å²) in [4.78, 5) is 17.2. The SMILES string of the molecule is Cc1cc([C@@H]2[C@@H](C(=O)Nc3ccc(Cl)c(Cl)c3)[C@@H]3O[C@H]2C[C@H]3O)ccn1. The van der Waals surface area contributed by atoms with Crippen LogP contribution in [0.5, 0.6) is 0 Å². The molecule has 0 unspecified atom stereocenters. The van der Waals surface area contributed by atoms with Crippen LogP contribution in [0.15, 0.2) is 36.5 Å². The number of aliphatic hydroxyl groups excluding tert-OH is 1. The monoisotopic (exact) mass is 392 g/mol. The molecule has 5 nitrogen and oxygen atoms in total. The fourth-order valence-electron chi connectivity index (χ4n) is 4.02. The van der Waals surface area contributed by atoms with Gasteiger partial charge in [-0.2, -0.15) is 0 Å². The molecule has 3 heterocycles. The second-order valence-corrected chi connectivity index (χ2v) is 7.66. The minimum absolute atomic E-state index is 0.118. The van der Waals surface area contributed by atoms with Gasteiger partial charge < -0.3 is 15.2 Å². The van der Waals surface area contributed by atoms with Gasteiger partial charge in [-0.3, -0.25) is 9.78 Å². The minimum atomic E-state index is -0.635. The number of rotatable bonds is 3. The highest BCUT2D eigenvalue weighted by molar-refractivity contribution is 6.42. The van der Waals surface area contributed by atoms with Gasteiger partial charge in [0.25, 0.3) is 0 Å². The minimum Gasteiger partial charge on any atom is -0.390 e. The highest BCUT2D eigenvalue weighted by Crippen LogP contribution is 2.49. The zero-order valence-corrected chi connectivity index (χ0v) is 15.5. The fraction of sp³-hybridized carbons (Fsp3) is 0.368. The van der Waals surface area contributed by atoms with E-state index in [0.29, 0.717) is 22.2 Å². The van der Waals surface area contributed by atoms with Gasteiger partial charge >= 0.3 is 0 Å². The Bertz CT molecular complexity index is 860. The van der Waals surface area contributed by atoms with E-state index in [-0.39, 0.29) is 17.9 Å². The summed E-state index contributed by atoms with van der Waals surface area (Å²) in [5.74, 6) is -0.804. The van der Waals surface area contributed by atoms with E-state index in [1.807, 2.05) is 19.1 Å². The Morgan fingerprint density at radius 3 is 2.81 bits per heavy atom. The largest absolute Gasteiger partial charge is 0.390 e. The predicted molar refractivity (Wildman–Crippen MR) is 99.6 cm³/mol. The Labute approximate surface area is 161 Å². The molecule has 2 saturated heterocycles.